The Labute approximate surface area is 126 Å². The van der Waals surface area contributed by atoms with Crippen LogP contribution in [0.2, 0.25) is 0 Å². The van der Waals surface area contributed by atoms with Gasteiger partial charge in [0.25, 0.3) is 10.0 Å². The van der Waals surface area contributed by atoms with E-state index in [4.69, 9.17) is 4.42 Å². The van der Waals surface area contributed by atoms with Gasteiger partial charge in [0.15, 0.2) is 0 Å². The molecule has 114 valence electrons. The number of carbonyl (C=O) groups is 1. The van der Waals surface area contributed by atoms with E-state index in [2.05, 4.69) is 9.46 Å². The van der Waals surface area contributed by atoms with Crippen LogP contribution in [0.4, 0.5) is 0 Å². The van der Waals surface area contributed by atoms with E-state index in [1.807, 2.05) is 19.1 Å². The highest BCUT2D eigenvalue weighted by Gasteiger charge is 2.24. The first-order chi connectivity index (χ1) is 9.83. The maximum absolute atomic E-state index is 12.2. The second kappa shape index (κ2) is 6.00. The summed E-state index contributed by atoms with van der Waals surface area (Å²) in [4.78, 5) is 13.3. The van der Waals surface area contributed by atoms with E-state index in [9.17, 15) is 13.2 Å². The van der Waals surface area contributed by atoms with Gasteiger partial charge in [0.1, 0.15) is 0 Å². The second-order valence-electron chi connectivity index (χ2n) is 4.40. The lowest BCUT2D eigenvalue weighted by molar-refractivity contribution is 0.0559. The highest BCUT2D eigenvalue weighted by atomic mass is 32.2. The number of esters is 1. The van der Waals surface area contributed by atoms with Gasteiger partial charge in [-0.15, -0.1) is 11.3 Å². The van der Waals surface area contributed by atoms with Crippen LogP contribution in [0.15, 0.2) is 33.8 Å². The van der Waals surface area contributed by atoms with Crippen molar-refractivity contribution in [2.75, 3.05) is 7.11 Å². The van der Waals surface area contributed by atoms with Crippen molar-refractivity contribution in [2.24, 2.45) is 0 Å². The molecule has 0 bridgehead atoms. The Morgan fingerprint density at radius 2 is 2.05 bits per heavy atom. The molecular formula is C13H15NO5S2. The lowest BCUT2D eigenvalue weighted by Crippen LogP contribution is -2.26. The predicted octanol–water partition coefficient (Wildman–Crippen LogP) is 2.48. The van der Waals surface area contributed by atoms with Crippen molar-refractivity contribution in [3.63, 3.8) is 0 Å². The van der Waals surface area contributed by atoms with Crippen LogP contribution in [-0.2, 0) is 14.8 Å². The van der Waals surface area contributed by atoms with Gasteiger partial charge >= 0.3 is 5.97 Å². The lowest BCUT2D eigenvalue weighted by atomic mass is 10.3. The zero-order valence-corrected chi connectivity index (χ0v) is 13.4. The molecule has 0 spiro atoms. The molecule has 0 radical (unpaired) electrons. The summed E-state index contributed by atoms with van der Waals surface area (Å²) in [5, 5.41) is -0.317. The van der Waals surface area contributed by atoms with E-state index in [0.717, 1.165) is 9.75 Å². The maximum Gasteiger partial charge on any atom is 0.374 e. The number of aryl methyl sites for hydroxylation is 1. The number of furan rings is 1. The van der Waals surface area contributed by atoms with Crippen molar-refractivity contribution < 1.29 is 22.4 Å². The minimum absolute atomic E-state index is 0.155. The number of sulfonamides is 1. The number of hydrogen-bond donors (Lipinski definition) is 1. The first-order valence-electron chi connectivity index (χ1n) is 6.10. The molecule has 0 aliphatic carbocycles. The van der Waals surface area contributed by atoms with Crippen LogP contribution in [0.5, 0.6) is 0 Å². The number of ether oxygens (including phenoxy) is 1. The van der Waals surface area contributed by atoms with Crippen molar-refractivity contribution in [3.05, 3.63) is 39.8 Å². The van der Waals surface area contributed by atoms with E-state index in [1.54, 1.807) is 6.92 Å². The topological polar surface area (TPSA) is 85.6 Å². The van der Waals surface area contributed by atoms with E-state index in [0.29, 0.717) is 0 Å². The Morgan fingerprint density at radius 3 is 2.62 bits per heavy atom. The van der Waals surface area contributed by atoms with E-state index in [1.165, 1.54) is 30.6 Å². The van der Waals surface area contributed by atoms with Gasteiger partial charge in [0, 0.05) is 9.75 Å². The second-order valence-corrected chi connectivity index (χ2v) is 7.37. The van der Waals surface area contributed by atoms with Crippen molar-refractivity contribution in [1.82, 2.24) is 4.72 Å². The zero-order chi connectivity index (χ0) is 15.6. The van der Waals surface area contributed by atoms with Gasteiger partial charge < -0.3 is 9.15 Å². The number of nitrogens with one attached hydrogen (secondary N) is 1. The van der Waals surface area contributed by atoms with Crippen LogP contribution in [0.25, 0.3) is 0 Å². The fraction of sp³-hybridized carbons (Fsp3) is 0.308. The normalized spacial score (nSPS) is 13.1. The Morgan fingerprint density at radius 1 is 1.33 bits per heavy atom. The van der Waals surface area contributed by atoms with Crippen LogP contribution in [0, 0.1) is 6.92 Å². The van der Waals surface area contributed by atoms with Gasteiger partial charge in [-0.2, -0.15) is 0 Å². The zero-order valence-electron chi connectivity index (χ0n) is 11.7. The summed E-state index contributed by atoms with van der Waals surface area (Å²) in [5.74, 6) is -0.879. The van der Waals surface area contributed by atoms with Gasteiger partial charge in [0.2, 0.25) is 10.9 Å². The quantitative estimate of drug-likeness (QED) is 0.852. The van der Waals surface area contributed by atoms with Crippen LogP contribution in [-0.4, -0.2) is 21.5 Å². The molecule has 21 heavy (non-hydrogen) atoms. The highest BCUT2D eigenvalue weighted by molar-refractivity contribution is 7.89. The Hall–Kier alpha value is -1.64. The summed E-state index contributed by atoms with van der Waals surface area (Å²) in [5.41, 5.74) is 0. The summed E-state index contributed by atoms with van der Waals surface area (Å²) in [7, 11) is -2.64. The molecule has 0 saturated heterocycles. The van der Waals surface area contributed by atoms with Crippen LogP contribution in [0.3, 0.4) is 0 Å². The molecule has 1 atom stereocenters. The molecule has 8 heteroatoms. The van der Waals surface area contributed by atoms with E-state index < -0.39 is 16.0 Å². The average Bonchev–Trinajstić information content (AvgIpc) is 3.06. The Balaban J connectivity index is 2.18. The van der Waals surface area contributed by atoms with Crippen LogP contribution >= 0.6 is 11.3 Å². The Kier molecular flexibility index (Phi) is 4.50. The monoisotopic (exact) mass is 329 g/mol. The fourth-order valence-electron chi connectivity index (χ4n) is 1.71. The highest BCUT2D eigenvalue weighted by Crippen LogP contribution is 2.24. The summed E-state index contributed by atoms with van der Waals surface area (Å²) in [6.07, 6.45) is 0. The van der Waals surface area contributed by atoms with Crippen LogP contribution in [0.1, 0.15) is 33.3 Å². The summed E-state index contributed by atoms with van der Waals surface area (Å²) < 4.78 is 36.4. The number of carbonyl (C=O) groups excluding carboxylic acids is 1. The van der Waals surface area contributed by atoms with Crippen LogP contribution < -0.4 is 4.72 Å². The molecule has 2 heterocycles. The smallest absolute Gasteiger partial charge is 0.374 e. The molecule has 2 aromatic rings. The molecule has 1 N–H and O–H groups in total. The molecule has 0 amide bonds. The molecule has 0 aliphatic heterocycles. The molecule has 2 rings (SSSR count). The molecular weight excluding hydrogens is 314 g/mol. The average molecular weight is 329 g/mol. The molecule has 0 aliphatic rings. The van der Waals surface area contributed by atoms with Crippen molar-refractivity contribution in [2.45, 2.75) is 25.0 Å². The minimum Gasteiger partial charge on any atom is -0.463 e. The first-order valence-corrected chi connectivity index (χ1v) is 8.40. The van der Waals surface area contributed by atoms with E-state index in [-0.39, 0.29) is 16.9 Å². The number of thiophene rings is 1. The van der Waals surface area contributed by atoms with Gasteiger partial charge in [-0.05, 0) is 38.1 Å². The minimum atomic E-state index is -3.84. The standard InChI is InChI=1S/C13H15NO5S2/c1-8-4-6-11(20-8)9(2)14-21(16,17)12-7-5-10(19-12)13(15)18-3/h4-7,9,14H,1-3H3. The number of rotatable bonds is 5. The summed E-state index contributed by atoms with van der Waals surface area (Å²) in [6, 6.07) is 5.89. The molecule has 1 unspecified atom stereocenters. The molecule has 2 aromatic heterocycles. The van der Waals surface area contributed by atoms with Gasteiger partial charge in [-0.25, -0.2) is 17.9 Å². The maximum atomic E-state index is 12.2. The number of hydrogen-bond acceptors (Lipinski definition) is 6. The predicted molar refractivity (Wildman–Crippen MR) is 77.8 cm³/mol. The van der Waals surface area contributed by atoms with Crippen molar-refractivity contribution in [1.29, 1.82) is 0 Å². The lowest BCUT2D eigenvalue weighted by Gasteiger charge is -2.10. The number of methoxy groups -OCH3 is 1. The molecule has 0 fully saturated rings. The summed E-state index contributed by atoms with van der Waals surface area (Å²) >= 11 is 1.51. The fourth-order valence-corrected chi connectivity index (χ4v) is 3.82. The SMILES string of the molecule is COC(=O)c1ccc(S(=O)(=O)NC(C)c2ccc(C)s2)o1. The molecule has 0 aromatic carbocycles. The van der Waals surface area contributed by atoms with Gasteiger partial charge in [-0.1, -0.05) is 0 Å². The first kappa shape index (κ1) is 15.7. The third-order valence-corrected chi connectivity index (χ3v) is 5.35. The third-order valence-electron chi connectivity index (χ3n) is 2.75. The van der Waals surface area contributed by atoms with Gasteiger partial charge in [0.05, 0.1) is 13.2 Å². The largest absolute Gasteiger partial charge is 0.463 e. The van der Waals surface area contributed by atoms with Crippen molar-refractivity contribution in [3.8, 4) is 0 Å². The summed E-state index contributed by atoms with van der Waals surface area (Å²) in [6.45, 7) is 3.69. The third kappa shape index (κ3) is 3.52. The molecule has 0 saturated carbocycles. The van der Waals surface area contributed by atoms with Crippen molar-refractivity contribution >= 4 is 27.3 Å². The molecule has 6 nitrogen and oxygen atoms in total. The van der Waals surface area contributed by atoms with E-state index >= 15 is 0 Å². The Bertz CT molecular complexity index is 744. The van der Waals surface area contributed by atoms with Gasteiger partial charge in [-0.3, -0.25) is 0 Å².